The minimum atomic E-state index is -0.740. The first kappa shape index (κ1) is 21.1. The highest BCUT2D eigenvalue weighted by Gasteiger charge is 2.42. The van der Waals surface area contributed by atoms with Gasteiger partial charge in [0.1, 0.15) is 0 Å². The van der Waals surface area contributed by atoms with Gasteiger partial charge in [-0.2, -0.15) is 0 Å². The lowest BCUT2D eigenvalue weighted by atomic mass is 9.81. The van der Waals surface area contributed by atoms with Crippen molar-refractivity contribution in [2.45, 2.75) is 83.2 Å². The monoisotopic (exact) mass is 366 g/mol. The SMILES string of the molecule is CCCCC[C@H](O)/C=C/C1C[C@@H]2OC[C@@H](O2)[C@@H]1C/C=C\CCCC(=O)O. The van der Waals surface area contributed by atoms with Gasteiger partial charge >= 0.3 is 5.97 Å². The molecule has 0 saturated carbocycles. The lowest BCUT2D eigenvalue weighted by Crippen LogP contribution is -2.35. The number of aliphatic hydroxyl groups excluding tert-OH is 1. The number of carboxylic acid groups (broad SMARTS) is 1. The molecule has 0 spiro atoms. The fraction of sp³-hybridized carbons (Fsp3) is 0.762. The zero-order valence-electron chi connectivity index (χ0n) is 15.9. The molecule has 2 saturated heterocycles. The highest BCUT2D eigenvalue weighted by molar-refractivity contribution is 5.66. The fourth-order valence-electron chi connectivity index (χ4n) is 3.76. The quantitative estimate of drug-likeness (QED) is 0.402. The van der Waals surface area contributed by atoms with Gasteiger partial charge in [0, 0.05) is 12.8 Å². The molecule has 2 rings (SSSR count). The Labute approximate surface area is 157 Å². The van der Waals surface area contributed by atoms with E-state index in [0.717, 1.165) is 44.9 Å². The highest BCUT2D eigenvalue weighted by Crippen LogP contribution is 2.39. The van der Waals surface area contributed by atoms with Crippen LogP contribution in [0.15, 0.2) is 24.3 Å². The molecule has 5 atom stereocenters. The van der Waals surface area contributed by atoms with Crippen LogP contribution in [0.1, 0.15) is 64.7 Å². The molecule has 2 fully saturated rings. The molecule has 0 aliphatic carbocycles. The summed E-state index contributed by atoms with van der Waals surface area (Å²) in [6.45, 7) is 2.81. The number of hydrogen-bond donors (Lipinski definition) is 2. The maximum atomic E-state index is 10.5. The molecule has 0 radical (unpaired) electrons. The van der Waals surface area contributed by atoms with E-state index >= 15 is 0 Å². The summed E-state index contributed by atoms with van der Waals surface area (Å²) in [4.78, 5) is 10.5. The molecule has 2 heterocycles. The van der Waals surface area contributed by atoms with Crippen molar-refractivity contribution in [2.24, 2.45) is 11.8 Å². The van der Waals surface area contributed by atoms with Crippen LogP contribution in [0.4, 0.5) is 0 Å². The Balaban J connectivity index is 1.82. The zero-order chi connectivity index (χ0) is 18.8. The van der Waals surface area contributed by atoms with Crippen molar-refractivity contribution >= 4 is 5.97 Å². The van der Waals surface area contributed by atoms with Crippen molar-refractivity contribution in [3.8, 4) is 0 Å². The Morgan fingerprint density at radius 2 is 2.12 bits per heavy atom. The topological polar surface area (TPSA) is 76.0 Å². The molecule has 148 valence electrons. The van der Waals surface area contributed by atoms with E-state index in [2.05, 4.69) is 25.2 Å². The van der Waals surface area contributed by atoms with E-state index < -0.39 is 5.97 Å². The number of carboxylic acids is 1. The van der Waals surface area contributed by atoms with E-state index in [1.54, 1.807) is 0 Å². The summed E-state index contributed by atoms with van der Waals surface area (Å²) >= 11 is 0. The Hall–Kier alpha value is -1.17. The largest absolute Gasteiger partial charge is 0.481 e. The van der Waals surface area contributed by atoms with Crippen molar-refractivity contribution in [2.75, 3.05) is 6.61 Å². The van der Waals surface area contributed by atoms with Crippen molar-refractivity contribution in [1.29, 1.82) is 0 Å². The molecule has 2 aliphatic rings. The number of hydrogen-bond acceptors (Lipinski definition) is 4. The van der Waals surface area contributed by atoms with Gasteiger partial charge in [-0.15, -0.1) is 0 Å². The number of rotatable bonds is 12. The predicted molar refractivity (Wildman–Crippen MR) is 101 cm³/mol. The van der Waals surface area contributed by atoms with Crippen LogP contribution in [0.5, 0.6) is 0 Å². The molecule has 2 N–H and O–H groups in total. The predicted octanol–water partition coefficient (Wildman–Crippen LogP) is 4.06. The summed E-state index contributed by atoms with van der Waals surface area (Å²) in [6, 6.07) is 0. The van der Waals surface area contributed by atoms with Crippen LogP contribution < -0.4 is 0 Å². The molecular weight excluding hydrogens is 332 g/mol. The number of aliphatic hydroxyl groups is 1. The molecule has 0 amide bonds. The molecule has 0 aromatic heterocycles. The fourth-order valence-corrected chi connectivity index (χ4v) is 3.76. The van der Waals surface area contributed by atoms with E-state index in [9.17, 15) is 9.90 Å². The van der Waals surface area contributed by atoms with Crippen LogP contribution in [-0.4, -0.2) is 41.3 Å². The van der Waals surface area contributed by atoms with Gasteiger partial charge in [-0.1, -0.05) is 50.5 Å². The lowest BCUT2D eigenvalue weighted by Gasteiger charge is -2.33. The normalized spacial score (nSPS) is 29.6. The maximum Gasteiger partial charge on any atom is 0.303 e. The Morgan fingerprint density at radius 1 is 1.27 bits per heavy atom. The van der Waals surface area contributed by atoms with Crippen molar-refractivity contribution < 1.29 is 24.5 Å². The van der Waals surface area contributed by atoms with Crippen molar-refractivity contribution in [3.05, 3.63) is 24.3 Å². The second-order valence-electron chi connectivity index (χ2n) is 7.44. The van der Waals surface area contributed by atoms with Gasteiger partial charge in [0.2, 0.25) is 0 Å². The van der Waals surface area contributed by atoms with Crippen molar-refractivity contribution in [3.63, 3.8) is 0 Å². The number of ether oxygens (including phenoxy) is 2. The summed E-state index contributed by atoms with van der Waals surface area (Å²) in [6.07, 6.45) is 15.6. The van der Waals surface area contributed by atoms with Crippen LogP contribution in [0, 0.1) is 11.8 Å². The van der Waals surface area contributed by atoms with Gasteiger partial charge in [-0.3, -0.25) is 4.79 Å². The molecule has 5 heteroatoms. The summed E-state index contributed by atoms with van der Waals surface area (Å²) < 4.78 is 11.6. The first-order valence-corrected chi connectivity index (χ1v) is 10.1. The standard InChI is InChI=1S/C21H34O5/c1-2-3-6-9-17(22)13-12-16-14-21-25-15-19(26-21)18(16)10-7-4-5-8-11-20(23)24/h4,7,12-13,16-19,21-22H,2-3,5-6,8-11,14-15H2,1H3,(H,23,24)/b7-4-,13-12+/t16?,17-,18+,19+,21+/m0/s1. The molecule has 1 unspecified atom stereocenters. The van der Waals surface area contributed by atoms with Crippen LogP contribution in [-0.2, 0) is 14.3 Å². The van der Waals surface area contributed by atoms with Crippen LogP contribution in [0.3, 0.4) is 0 Å². The van der Waals surface area contributed by atoms with Gasteiger partial charge in [-0.05, 0) is 37.5 Å². The first-order chi connectivity index (χ1) is 12.6. The number of fused-ring (bicyclic) bond motifs is 2. The number of aliphatic carboxylic acids is 1. The minimum Gasteiger partial charge on any atom is -0.481 e. The molecular formula is C21H34O5. The van der Waals surface area contributed by atoms with E-state index in [4.69, 9.17) is 14.6 Å². The summed E-state index contributed by atoms with van der Waals surface area (Å²) in [5, 5.41) is 18.8. The second kappa shape index (κ2) is 11.5. The average Bonchev–Trinajstić information content (AvgIpc) is 3.00. The third-order valence-electron chi connectivity index (χ3n) is 5.29. The maximum absolute atomic E-state index is 10.5. The Morgan fingerprint density at radius 3 is 2.88 bits per heavy atom. The van der Waals surface area contributed by atoms with Gasteiger partial charge in [0.25, 0.3) is 0 Å². The van der Waals surface area contributed by atoms with Crippen LogP contribution in [0.25, 0.3) is 0 Å². The molecule has 26 heavy (non-hydrogen) atoms. The second-order valence-corrected chi connectivity index (χ2v) is 7.44. The van der Waals surface area contributed by atoms with Crippen LogP contribution >= 0.6 is 0 Å². The highest BCUT2D eigenvalue weighted by atomic mass is 16.7. The summed E-state index contributed by atoms with van der Waals surface area (Å²) in [7, 11) is 0. The van der Waals surface area contributed by atoms with E-state index in [1.165, 1.54) is 0 Å². The third kappa shape index (κ3) is 7.22. The van der Waals surface area contributed by atoms with E-state index in [1.807, 2.05) is 6.08 Å². The van der Waals surface area contributed by atoms with Crippen LogP contribution in [0.2, 0.25) is 0 Å². The van der Waals surface area contributed by atoms with Gasteiger partial charge in [0.05, 0.1) is 18.8 Å². The minimum absolute atomic E-state index is 0.109. The number of allylic oxidation sites excluding steroid dienone is 3. The summed E-state index contributed by atoms with van der Waals surface area (Å²) in [5.41, 5.74) is 0. The molecule has 2 aliphatic heterocycles. The van der Waals surface area contributed by atoms with Crippen molar-refractivity contribution in [1.82, 2.24) is 0 Å². The number of carbonyl (C=O) groups is 1. The number of unbranched alkanes of at least 4 members (excludes halogenated alkanes) is 3. The Kier molecular flexibility index (Phi) is 9.37. The van der Waals surface area contributed by atoms with Gasteiger partial charge in [0.15, 0.2) is 6.29 Å². The molecule has 5 nitrogen and oxygen atoms in total. The lowest BCUT2D eigenvalue weighted by molar-refractivity contribution is -0.137. The van der Waals surface area contributed by atoms with Gasteiger partial charge < -0.3 is 19.7 Å². The van der Waals surface area contributed by atoms with Gasteiger partial charge in [-0.25, -0.2) is 0 Å². The van der Waals surface area contributed by atoms with E-state index in [-0.39, 0.29) is 24.9 Å². The summed E-state index contributed by atoms with van der Waals surface area (Å²) in [5.74, 6) is -0.0368. The molecule has 0 aromatic carbocycles. The molecule has 0 aromatic rings. The Bertz CT molecular complexity index is 473. The van der Waals surface area contributed by atoms with E-state index in [0.29, 0.717) is 24.9 Å². The smallest absolute Gasteiger partial charge is 0.303 e. The zero-order valence-corrected chi connectivity index (χ0v) is 15.9. The first-order valence-electron chi connectivity index (χ1n) is 10.1. The third-order valence-corrected chi connectivity index (χ3v) is 5.29. The molecule has 2 bridgehead atoms. The average molecular weight is 366 g/mol.